The van der Waals surface area contributed by atoms with Crippen molar-refractivity contribution in [1.29, 1.82) is 0 Å². The third-order valence-electron chi connectivity index (χ3n) is 4.69. The largest absolute Gasteiger partial charge is 0.302 e. The van der Waals surface area contributed by atoms with E-state index in [1.807, 2.05) is 13.0 Å². The van der Waals surface area contributed by atoms with Crippen molar-refractivity contribution in [2.45, 2.75) is 51.6 Å². The van der Waals surface area contributed by atoms with Crippen molar-refractivity contribution in [3.05, 3.63) is 35.1 Å². The molecule has 20 heavy (non-hydrogen) atoms. The van der Waals surface area contributed by atoms with Crippen LogP contribution in [0.25, 0.3) is 0 Å². The van der Waals surface area contributed by atoms with Crippen LogP contribution in [0, 0.1) is 12.7 Å². The van der Waals surface area contributed by atoms with Gasteiger partial charge in [-0.2, -0.15) is 0 Å². The lowest BCUT2D eigenvalue weighted by Gasteiger charge is -2.45. The number of hydrogen-bond acceptors (Lipinski definition) is 3. The Morgan fingerprint density at radius 3 is 2.30 bits per heavy atom. The molecule has 0 aliphatic heterocycles. The number of rotatable bonds is 7. The summed E-state index contributed by atoms with van der Waals surface area (Å²) in [5, 5.41) is 0. The fourth-order valence-corrected chi connectivity index (χ4v) is 3.20. The van der Waals surface area contributed by atoms with Crippen molar-refractivity contribution < 1.29 is 4.39 Å². The van der Waals surface area contributed by atoms with E-state index in [0.29, 0.717) is 0 Å². The number of nitrogens with zero attached hydrogens (tertiary/aromatic N) is 1. The SMILES string of the molecule is CCC(CC)(C(Cc1ccc(F)cc1C)NN)N(C)C. The first kappa shape index (κ1) is 17.1. The number of nitrogens with one attached hydrogen (secondary N) is 1. The van der Waals surface area contributed by atoms with Crippen LogP contribution >= 0.6 is 0 Å². The Bertz CT molecular complexity index is 428. The Balaban J connectivity index is 3.06. The highest BCUT2D eigenvalue weighted by Gasteiger charge is 2.37. The molecular weight excluding hydrogens is 253 g/mol. The maximum Gasteiger partial charge on any atom is 0.123 e. The lowest BCUT2D eigenvalue weighted by molar-refractivity contribution is 0.0881. The van der Waals surface area contributed by atoms with Gasteiger partial charge in [-0.3, -0.25) is 11.3 Å². The van der Waals surface area contributed by atoms with Crippen LogP contribution < -0.4 is 11.3 Å². The van der Waals surface area contributed by atoms with E-state index >= 15 is 0 Å². The molecule has 0 heterocycles. The minimum atomic E-state index is -0.187. The van der Waals surface area contributed by atoms with Gasteiger partial charge in [0.15, 0.2) is 0 Å². The van der Waals surface area contributed by atoms with Gasteiger partial charge in [0.25, 0.3) is 0 Å². The number of nitrogens with two attached hydrogens (primary N) is 1. The Morgan fingerprint density at radius 2 is 1.90 bits per heavy atom. The molecule has 3 nitrogen and oxygen atoms in total. The smallest absolute Gasteiger partial charge is 0.123 e. The van der Waals surface area contributed by atoms with Crippen molar-refractivity contribution in [2.75, 3.05) is 14.1 Å². The number of halogens is 1. The van der Waals surface area contributed by atoms with Crippen LogP contribution in [0.1, 0.15) is 37.8 Å². The molecule has 0 saturated carbocycles. The van der Waals surface area contributed by atoms with Gasteiger partial charge in [-0.25, -0.2) is 4.39 Å². The Hall–Kier alpha value is -0.970. The van der Waals surface area contributed by atoms with Gasteiger partial charge < -0.3 is 4.90 Å². The highest BCUT2D eigenvalue weighted by atomic mass is 19.1. The van der Waals surface area contributed by atoms with E-state index in [0.717, 1.165) is 30.4 Å². The Morgan fingerprint density at radius 1 is 1.30 bits per heavy atom. The van der Waals surface area contributed by atoms with Crippen LogP contribution in [0.2, 0.25) is 0 Å². The van der Waals surface area contributed by atoms with Gasteiger partial charge in [0.1, 0.15) is 5.82 Å². The molecule has 3 N–H and O–H groups in total. The molecule has 114 valence electrons. The number of likely N-dealkylation sites (N-methyl/N-ethyl adjacent to an activating group) is 1. The second-order valence-corrected chi connectivity index (χ2v) is 5.70. The minimum absolute atomic E-state index is 0.00439. The fourth-order valence-electron chi connectivity index (χ4n) is 3.20. The zero-order chi connectivity index (χ0) is 15.3. The van der Waals surface area contributed by atoms with E-state index in [1.165, 1.54) is 6.07 Å². The molecule has 0 spiro atoms. The lowest BCUT2D eigenvalue weighted by Crippen LogP contribution is -2.61. The quantitative estimate of drug-likeness (QED) is 0.596. The molecule has 4 heteroatoms. The normalized spacial score (nSPS) is 13.8. The second kappa shape index (κ2) is 7.16. The highest BCUT2D eigenvalue weighted by Crippen LogP contribution is 2.28. The molecule has 0 bridgehead atoms. The summed E-state index contributed by atoms with van der Waals surface area (Å²) >= 11 is 0. The molecule has 0 aromatic heterocycles. The second-order valence-electron chi connectivity index (χ2n) is 5.70. The molecule has 0 aliphatic rings. The topological polar surface area (TPSA) is 41.3 Å². The standard InChI is InChI=1S/C16H28FN3/c1-6-16(7-2,20(4)5)15(19-18)11-13-8-9-14(17)10-12(13)3/h8-10,15,19H,6-7,11,18H2,1-5H3. The van der Waals surface area contributed by atoms with Gasteiger partial charge in [0, 0.05) is 11.6 Å². The van der Waals surface area contributed by atoms with Crippen LogP contribution in [-0.4, -0.2) is 30.6 Å². The monoisotopic (exact) mass is 281 g/mol. The predicted molar refractivity (Wildman–Crippen MR) is 83.0 cm³/mol. The van der Waals surface area contributed by atoms with Crippen LogP contribution in [0.3, 0.4) is 0 Å². The fraction of sp³-hybridized carbons (Fsp3) is 0.625. The molecule has 1 rings (SSSR count). The van der Waals surface area contributed by atoms with Crippen molar-refractivity contribution in [1.82, 2.24) is 10.3 Å². The first-order valence-electron chi connectivity index (χ1n) is 7.29. The first-order chi connectivity index (χ1) is 9.41. The van der Waals surface area contributed by atoms with Crippen molar-refractivity contribution in [2.24, 2.45) is 5.84 Å². The molecule has 1 aromatic rings. The molecule has 0 amide bonds. The van der Waals surface area contributed by atoms with Gasteiger partial charge in [-0.15, -0.1) is 0 Å². The van der Waals surface area contributed by atoms with Crippen LogP contribution in [0.15, 0.2) is 18.2 Å². The molecule has 0 aliphatic carbocycles. The third kappa shape index (κ3) is 3.37. The summed E-state index contributed by atoms with van der Waals surface area (Å²) in [6.07, 6.45) is 2.81. The van der Waals surface area contributed by atoms with E-state index in [9.17, 15) is 4.39 Å². The van der Waals surface area contributed by atoms with Crippen molar-refractivity contribution >= 4 is 0 Å². The summed E-state index contributed by atoms with van der Waals surface area (Å²) in [4.78, 5) is 2.25. The van der Waals surface area contributed by atoms with E-state index in [1.54, 1.807) is 6.07 Å². The van der Waals surface area contributed by atoms with Gasteiger partial charge in [-0.05, 0) is 63.5 Å². The first-order valence-corrected chi connectivity index (χ1v) is 7.29. The van der Waals surface area contributed by atoms with Crippen molar-refractivity contribution in [3.63, 3.8) is 0 Å². The molecule has 1 atom stereocenters. The molecule has 0 radical (unpaired) electrons. The van der Waals surface area contributed by atoms with Gasteiger partial charge >= 0.3 is 0 Å². The Kier molecular flexibility index (Phi) is 6.11. The molecular formula is C16H28FN3. The number of aryl methyl sites for hydroxylation is 1. The predicted octanol–water partition coefficient (Wildman–Crippen LogP) is 2.63. The highest BCUT2D eigenvalue weighted by molar-refractivity contribution is 5.28. The number of hydrazine groups is 1. The van der Waals surface area contributed by atoms with Crippen LogP contribution in [0.5, 0.6) is 0 Å². The lowest BCUT2D eigenvalue weighted by atomic mass is 9.80. The summed E-state index contributed by atoms with van der Waals surface area (Å²) in [6, 6.07) is 5.08. The molecule has 1 unspecified atom stereocenters. The van der Waals surface area contributed by atoms with E-state index < -0.39 is 0 Å². The van der Waals surface area contributed by atoms with Crippen molar-refractivity contribution in [3.8, 4) is 0 Å². The minimum Gasteiger partial charge on any atom is -0.302 e. The van der Waals surface area contributed by atoms with Gasteiger partial charge in [0.05, 0.1) is 0 Å². The molecule has 0 fully saturated rings. The summed E-state index contributed by atoms with van der Waals surface area (Å²) < 4.78 is 13.2. The van der Waals surface area contributed by atoms with E-state index in [-0.39, 0.29) is 17.4 Å². The maximum atomic E-state index is 13.2. The summed E-state index contributed by atoms with van der Waals surface area (Å²) in [5.74, 6) is 5.64. The van der Waals surface area contributed by atoms with Crippen LogP contribution in [-0.2, 0) is 6.42 Å². The summed E-state index contributed by atoms with van der Waals surface area (Å²) in [7, 11) is 4.18. The third-order valence-corrected chi connectivity index (χ3v) is 4.69. The van der Waals surface area contributed by atoms with E-state index in [4.69, 9.17) is 5.84 Å². The Labute approximate surface area is 122 Å². The summed E-state index contributed by atoms with van der Waals surface area (Å²) in [5.41, 5.74) is 5.09. The number of hydrogen-bond donors (Lipinski definition) is 2. The zero-order valence-electron chi connectivity index (χ0n) is 13.3. The average Bonchev–Trinajstić information content (AvgIpc) is 2.41. The van der Waals surface area contributed by atoms with E-state index in [2.05, 4.69) is 38.3 Å². The average molecular weight is 281 g/mol. The van der Waals surface area contributed by atoms with Gasteiger partial charge in [-0.1, -0.05) is 19.9 Å². The van der Waals surface area contributed by atoms with Gasteiger partial charge in [0.2, 0.25) is 0 Å². The zero-order valence-corrected chi connectivity index (χ0v) is 13.3. The van der Waals surface area contributed by atoms with Crippen LogP contribution in [0.4, 0.5) is 4.39 Å². The maximum absolute atomic E-state index is 13.2. The summed E-state index contributed by atoms with van der Waals surface area (Å²) in [6.45, 7) is 6.32. The molecule has 1 aromatic carbocycles. The molecule has 0 saturated heterocycles. The number of benzene rings is 1.